The molecular weight excluding hydrogens is 361 g/mol. The number of piperazine rings is 1. The smallest absolute Gasteiger partial charge is 0.236 e. The van der Waals surface area contributed by atoms with Crippen molar-refractivity contribution in [2.45, 2.75) is 25.4 Å². The number of hydrogen-bond acceptors (Lipinski definition) is 4. The quantitative estimate of drug-likeness (QED) is 0.787. The van der Waals surface area contributed by atoms with E-state index in [1.54, 1.807) is 17.4 Å². The Hall–Kier alpha value is -1.76. The summed E-state index contributed by atoms with van der Waals surface area (Å²) < 4.78 is 13.8. The maximum atomic E-state index is 13.8. The molecule has 2 aliphatic rings. The van der Waals surface area contributed by atoms with Gasteiger partial charge in [0, 0.05) is 49.2 Å². The van der Waals surface area contributed by atoms with Crippen molar-refractivity contribution in [3.8, 4) is 0 Å². The van der Waals surface area contributed by atoms with E-state index in [2.05, 4.69) is 27.3 Å². The van der Waals surface area contributed by atoms with E-state index in [9.17, 15) is 9.18 Å². The lowest BCUT2D eigenvalue weighted by atomic mass is 10.1. The zero-order valence-corrected chi connectivity index (χ0v) is 16.3. The van der Waals surface area contributed by atoms with Gasteiger partial charge in [0.1, 0.15) is 5.82 Å². The van der Waals surface area contributed by atoms with E-state index in [0.29, 0.717) is 19.1 Å². The molecule has 0 aliphatic carbocycles. The molecule has 1 atom stereocenters. The zero-order chi connectivity index (χ0) is 18.6. The molecule has 4 rings (SSSR count). The summed E-state index contributed by atoms with van der Waals surface area (Å²) in [7, 11) is 0. The molecule has 3 heterocycles. The van der Waals surface area contributed by atoms with Crippen molar-refractivity contribution in [1.82, 2.24) is 14.7 Å². The molecule has 144 valence electrons. The van der Waals surface area contributed by atoms with Crippen LogP contribution in [0.1, 0.15) is 29.3 Å². The van der Waals surface area contributed by atoms with Crippen LogP contribution in [-0.4, -0.2) is 59.9 Å². The Labute approximate surface area is 164 Å². The Morgan fingerprint density at radius 3 is 2.63 bits per heavy atom. The third kappa shape index (κ3) is 4.39. The minimum absolute atomic E-state index is 0.148. The highest BCUT2D eigenvalue weighted by Gasteiger charge is 2.30. The van der Waals surface area contributed by atoms with Crippen LogP contribution in [0.15, 0.2) is 41.8 Å². The van der Waals surface area contributed by atoms with Crippen molar-refractivity contribution in [2.24, 2.45) is 0 Å². The van der Waals surface area contributed by atoms with Crippen LogP contribution < -0.4 is 0 Å². The van der Waals surface area contributed by atoms with Gasteiger partial charge in [0.2, 0.25) is 5.91 Å². The predicted molar refractivity (Wildman–Crippen MR) is 106 cm³/mol. The number of likely N-dealkylation sites (tertiary alicyclic amines) is 1. The molecule has 0 spiro atoms. The van der Waals surface area contributed by atoms with E-state index < -0.39 is 0 Å². The molecule has 6 heteroatoms. The van der Waals surface area contributed by atoms with Crippen molar-refractivity contribution in [3.63, 3.8) is 0 Å². The monoisotopic (exact) mass is 387 g/mol. The molecule has 27 heavy (non-hydrogen) atoms. The highest BCUT2D eigenvalue weighted by molar-refractivity contribution is 7.10. The SMILES string of the molecule is O=C(CN1CCCC1c1cccs1)N1CCN(Cc2ccccc2F)CC1. The van der Waals surface area contributed by atoms with Gasteiger partial charge in [-0.3, -0.25) is 14.6 Å². The minimum atomic E-state index is -0.148. The van der Waals surface area contributed by atoms with Crippen LogP contribution in [-0.2, 0) is 11.3 Å². The third-order valence-electron chi connectivity index (χ3n) is 5.65. The highest BCUT2D eigenvalue weighted by Crippen LogP contribution is 2.34. The second-order valence-corrected chi connectivity index (χ2v) is 8.37. The third-order valence-corrected chi connectivity index (χ3v) is 6.62. The molecule has 1 amide bonds. The van der Waals surface area contributed by atoms with Gasteiger partial charge in [-0.1, -0.05) is 24.3 Å². The topological polar surface area (TPSA) is 26.8 Å². The zero-order valence-electron chi connectivity index (χ0n) is 15.5. The van der Waals surface area contributed by atoms with Crippen LogP contribution in [0.3, 0.4) is 0 Å². The average molecular weight is 388 g/mol. The number of carbonyl (C=O) groups is 1. The van der Waals surface area contributed by atoms with E-state index in [-0.39, 0.29) is 11.7 Å². The lowest BCUT2D eigenvalue weighted by Gasteiger charge is -2.36. The van der Waals surface area contributed by atoms with Crippen molar-refractivity contribution in [1.29, 1.82) is 0 Å². The van der Waals surface area contributed by atoms with Gasteiger partial charge >= 0.3 is 0 Å². The van der Waals surface area contributed by atoms with Crippen LogP contribution in [0.2, 0.25) is 0 Å². The lowest BCUT2D eigenvalue weighted by molar-refractivity contribution is -0.134. The maximum Gasteiger partial charge on any atom is 0.236 e. The second-order valence-electron chi connectivity index (χ2n) is 7.39. The van der Waals surface area contributed by atoms with Gasteiger partial charge < -0.3 is 4.90 Å². The molecule has 0 radical (unpaired) electrons. The number of halogens is 1. The van der Waals surface area contributed by atoms with Crippen LogP contribution in [0.5, 0.6) is 0 Å². The fourth-order valence-electron chi connectivity index (χ4n) is 4.12. The first-order valence-corrected chi connectivity index (χ1v) is 10.6. The number of hydrogen-bond donors (Lipinski definition) is 0. The number of carbonyl (C=O) groups excluding carboxylic acids is 1. The van der Waals surface area contributed by atoms with Crippen LogP contribution in [0, 0.1) is 5.82 Å². The van der Waals surface area contributed by atoms with Gasteiger partial charge in [-0.15, -0.1) is 11.3 Å². The molecule has 2 aliphatic heterocycles. The van der Waals surface area contributed by atoms with Crippen molar-refractivity contribution >= 4 is 17.2 Å². The fraction of sp³-hybridized carbons (Fsp3) is 0.476. The molecule has 0 N–H and O–H groups in total. The summed E-state index contributed by atoms with van der Waals surface area (Å²) in [6, 6.07) is 11.6. The Morgan fingerprint density at radius 2 is 1.89 bits per heavy atom. The standard InChI is InChI=1S/C21H26FN3OS/c22-18-6-2-1-5-17(18)15-23-10-12-24(13-11-23)21(26)16-25-9-3-7-19(25)20-8-4-14-27-20/h1-2,4-6,8,14,19H,3,7,9-13,15-16H2. The molecule has 0 bridgehead atoms. The number of benzene rings is 1. The Balaban J connectivity index is 1.28. The largest absolute Gasteiger partial charge is 0.339 e. The molecule has 2 saturated heterocycles. The van der Waals surface area contributed by atoms with Gasteiger partial charge in [-0.2, -0.15) is 0 Å². The van der Waals surface area contributed by atoms with Crippen molar-refractivity contribution in [3.05, 3.63) is 58.0 Å². The molecular formula is C21H26FN3OS. The van der Waals surface area contributed by atoms with E-state index in [0.717, 1.165) is 51.1 Å². The van der Waals surface area contributed by atoms with E-state index >= 15 is 0 Å². The van der Waals surface area contributed by atoms with Gasteiger partial charge in [-0.05, 0) is 36.9 Å². The van der Waals surface area contributed by atoms with Gasteiger partial charge in [-0.25, -0.2) is 4.39 Å². The summed E-state index contributed by atoms with van der Waals surface area (Å²) in [6.45, 7) is 5.18. The highest BCUT2D eigenvalue weighted by atomic mass is 32.1. The molecule has 1 aromatic carbocycles. The van der Waals surface area contributed by atoms with Crippen LogP contribution in [0.25, 0.3) is 0 Å². The molecule has 2 fully saturated rings. The summed E-state index contributed by atoms with van der Waals surface area (Å²) in [5, 5.41) is 2.11. The number of rotatable bonds is 5. The summed E-state index contributed by atoms with van der Waals surface area (Å²) in [4.78, 5) is 20.7. The van der Waals surface area contributed by atoms with E-state index in [4.69, 9.17) is 0 Å². The Morgan fingerprint density at radius 1 is 1.07 bits per heavy atom. The molecule has 0 saturated carbocycles. The van der Waals surface area contributed by atoms with Gasteiger partial charge in [0.15, 0.2) is 0 Å². The first-order chi connectivity index (χ1) is 13.2. The van der Waals surface area contributed by atoms with Gasteiger partial charge in [0.05, 0.1) is 6.54 Å². The first kappa shape index (κ1) is 18.6. The molecule has 4 nitrogen and oxygen atoms in total. The van der Waals surface area contributed by atoms with Crippen molar-refractivity contribution < 1.29 is 9.18 Å². The van der Waals surface area contributed by atoms with E-state index in [1.807, 2.05) is 17.0 Å². The van der Waals surface area contributed by atoms with Gasteiger partial charge in [0.25, 0.3) is 0 Å². The predicted octanol–water partition coefficient (Wildman–Crippen LogP) is 3.37. The van der Waals surface area contributed by atoms with E-state index in [1.165, 1.54) is 10.9 Å². The molecule has 1 unspecified atom stereocenters. The summed E-state index contributed by atoms with van der Waals surface area (Å²) in [5.41, 5.74) is 0.730. The fourth-order valence-corrected chi connectivity index (χ4v) is 5.01. The minimum Gasteiger partial charge on any atom is -0.339 e. The molecule has 1 aromatic heterocycles. The Kier molecular flexibility index (Phi) is 5.86. The summed E-state index contributed by atoms with van der Waals surface area (Å²) in [6.07, 6.45) is 2.30. The Bertz CT molecular complexity index is 759. The first-order valence-electron chi connectivity index (χ1n) is 9.72. The van der Waals surface area contributed by atoms with Crippen molar-refractivity contribution in [2.75, 3.05) is 39.3 Å². The normalized spacial score (nSPS) is 21.7. The number of thiophene rings is 1. The summed E-state index contributed by atoms with van der Waals surface area (Å²) >= 11 is 1.79. The van der Waals surface area contributed by atoms with Crippen LogP contribution >= 0.6 is 11.3 Å². The lowest BCUT2D eigenvalue weighted by Crippen LogP contribution is -2.50. The number of nitrogens with zero attached hydrogens (tertiary/aromatic N) is 3. The summed E-state index contributed by atoms with van der Waals surface area (Å²) in [5.74, 6) is 0.0775. The van der Waals surface area contributed by atoms with Crippen LogP contribution in [0.4, 0.5) is 4.39 Å². The molecule has 2 aromatic rings. The second kappa shape index (κ2) is 8.50. The maximum absolute atomic E-state index is 13.8. The average Bonchev–Trinajstić information content (AvgIpc) is 3.35. The number of amides is 1.